The minimum absolute atomic E-state index is 0.0230. The summed E-state index contributed by atoms with van der Waals surface area (Å²) >= 11 is 0. The van der Waals surface area contributed by atoms with Gasteiger partial charge in [0.05, 0.1) is 16.7 Å². The third-order valence-electron chi connectivity index (χ3n) is 4.15. The fourth-order valence-electron chi connectivity index (χ4n) is 2.39. The van der Waals surface area contributed by atoms with Crippen LogP contribution in [-0.2, 0) is 25.8 Å². The fourth-order valence-corrected chi connectivity index (χ4v) is 3.34. The normalized spacial score (nSPS) is 12.0. The van der Waals surface area contributed by atoms with Crippen molar-refractivity contribution in [3.8, 4) is 0 Å². The van der Waals surface area contributed by atoms with Crippen molar-refractivity contribution in [1.82, 2.24) is 5.32 Å². The molecule has 0 fully saturated rings. The maximum atomic E-state index is 12.1. The van der Waals surface area contributed by atoms with Crippen molar-refractivity contribution in [3.63, 3.8) is 0 Å². The van der Waals surface area contributed by atoms with Gasteiger partial charge >= 0.3 is 5.97 Å². The molecule has 0 saturated carbocycles. The van der Waals surface area contributed by atoms with E-state index >= 15 is 0 Å². The molecule has 0 heterocycles. The lowest BCUT2D eigenvalue weighted by Crippen LogP contribution is -2.42. The number of amides is 1. The highest BCUT2D eigenvalue weighted by Crippen LogP contribution is 2.25. The number of aliphatic carboxylic acids is 1. The molecule has 0 aliphatic heterocycles. The van der Waals surface area contributed by atoms with Crippen molar-refractivity contribution in [2.24, 2.45) is 5.41 Å². The molecule has 6 nitrogen and oxygen atoms in total. The van der Waals surface area contributed by atoms with Crippen LogP contribution in [0.4, 0.5) is 0 Å². The zero-order valence-electron chi connectivity index (χ0n) is 13.6. The van der Waals surface area contributed by atoms with Crippen LogP contribution in [0.2, 0.25) is 0 Å². The van der Waals surface area contributed by atoms with Gasteiger partial charge in [0, 0.05) is 12.8 Å². The highest BCUT2D eigenvalue weighted by molar-refractivity contribution is 7.90. The zero-order valence-corrected chi connectivity index (χ0v) is 14.4. The second kappa shape index (κ2) is 7.59. The first-order chi connectivity index (χ1) is 10.7. The molecule has 1 rings (SSSR count). The smallest absolute Gasteiger partial charge is 0.311 e. The molecule has 128 valence electrons. The lowest BCUT2D eigenvalue weighted by molar-refractivity contribution is -0.149. The molecular weight excluding hydrogens is 318 g/mol. The van der Waals surface area contributed by atoms with E-state index in [0.29, 0.717) is 18.4 Å². The van der Waals surface area contributed by atoms with E-state index in [2.05, 4.69) is 5.32 Å². The van der Waals surface area contributed by atoms with Crippen LogP contribution in [0.3, 0.4) is 0 Å². The number of hydrogen-bond acceptors (Lipinski definition) is 4. The van der Waals surface area contributed by atoms with Gasteiger partial charge in [0.15, 0.2) is 9.84 Å². The Morgan fingerprint density at radius 3 is 2.22 bits per heavy atom. The molecule has 2 N–H and O–H groups in total. The van der Waals surface area contributed by atoms with Crippen LogP contribution in [0.25, 0.3) is 0 Å². The summed E-state index contributed by atoms with van der Waals surface area (Å²) in [4.78, 5) is 23.6. The lowest BCUT2D eigenvalue weighted by Gasteiger charge is -2.26. The van der Waals surface area contributed by atoms with Gasteiger partial charge in [-0.1, -0.05) is 32.0 Å². The summed E-state index contributed by atoms with van der Waals surface area (Å²) in [6.07, 6.45) is 1.79. The van der Waals surface area contributed by atoms with Crippen LogP contribution in [-0.4, -0.2) is 38.2 Å². The Bertz CT molecular complexity index is 677. The molecule has 1 aromatic carbocycles. The van der Waals surface area contributed by atoms with Gasteiger partial charge in [-0.25, -0.2) is 8.42 Å². The van der Waals surface area contributed by atoms with E-state index in [-0.39, 0.29) is 17.9 Å². The number of carboxylic acids is 1. The Balaban J connectivity index is 2.85. The molecule has 7 heteroatoms. The van der Waals surface area contributed by atoms with Crippen LogP contribution in [0.1, 0.15) is 32.3 Å². The molecule has 0 radical (unpaired) electrons. The minimum Gasteiger partial charge on any atom is -0.481 e. The zero-order chi connectivity index (χ0) is 17.7. The van der Waals surface area contributed by atoms with Gasteiger partial charge in [0.1, 0.15) is 0 Å². The number of benzene rings is 1. The molecule has 0 bridgehead atoms. The number of sulfone groups is 1. The maximum absolute atomic E-state index is 12.1. The summed E-state index contributed by atoms with van der Waals surface area (Å²) in [5.74, 6) is -1.34. The first-order valence-corrected chi connectivity index (χ1v) is 9.33. The van der Waals surface area contributed by atoms with Gasteiger partial charge in [-0.2, -0.15) is 0 Å². The topological polar surface area (TPSA) is 101 Å². The van der Waals surface area contributed by atoms with E-state index in [9.17, 15) is 23.1 Å². The highest BCUT2D eigenvalue weighted by atomic mass is 32.2. The van der Waals surface area contributed by atoms with Gasteiger partial charge in [0.25, 0.3) is 0 Å². The average Bonchev–Trinajstić information content (AvgIpc) is 2.48. The quantitative estimate of drug-likeness (QED) is 0.748. The first-order valence-electron chi connectivity index (χ1n) is 7.44. The third-order valence-corrected chi connectivity index (χ3v) is 5.35. The summed E-state index contributed by atoms with van der Waals surface area (Å²) in [7, 11) is -3.42. The SMILES string of the molecule is CCC(CC)(CNC(=O)Cc1ccccc1S(C)(=O)=O)C(=O)O. The monoisotopic (exact) mass is 341 g/mol. The van der Waals surface area contributed by atoms with Crippen molar-refractivity contribution in [3.05, 3.63) is 29.8 Å². The summed E-state index contributed by atoms with van der Waals surface area (Å²) in [5, 5.41) is 12.0. The van der Waals surface area contributed by atoms with Crippen LogP contribution < -0.4 is 5.32 Å². The number of hydrogen-bond donors (Lipinski definition) is 2. The van der Waals surface area contributed by atoms with Gasteiger partial charge in [-0.05, 0) is 24.5 Å². The summed E-state index contributed by atoms with van der Waals surface area (Å²) in [6.45, 7) is 3.56. The highest BCUT2D eigenvalue weighted by Gasteiger charge is 2.35. The summed E-state index contributed by atoms with van der Waals surface area (Å²) in [5.41, 5.74) is -0.590. The summed E-state index contributed by atoms with van der Waals surface area (Å²) in [6, 6.07) is 6.30. The van der Waals surface area contributed by atoms with E-state index in [1.165, 1.54) is 6.07 Å². The van der Waals surface area contributed by atoms with Crippen molar-refractivity contribution in [2.75, 3.05) is 12.8 Å². The van der Waals surface area contributed by atoms with Gasteiger partial charge < -0.3 is 10.4 Å². The molecule has 0 aliphatic rings. The van der Waals surface area contributed by atoms with Crippen LogP contribution in [0, 0.1) is 5.41 Å². The van der Waals surface area contributed by atoms with Crippen molar-refractivity contribution >= 4 is 21.7 Å². The second-order valence-corrected chi connectivity index (χ2v) is 7.61. The second-order valence-electron chi connectivity index (χ2n) is 5.63. The van der Waals surface area contributed by atoms with Crippen LogP contribution >= 0.6 is 0 Å². The Kier molecular flexibility index (Phi) is 6.32. The number of carboxylic acid groups (broad SMARTS) is 1. The first kappa shape index (κ1) is 19.2. The van der Waals surface area contributed by atoms with E-state index in [0.717, 1.165) is 6.26 Å². The van der Waals surface area contributed by atoms with Crippen molar-refractivity contribution < 1.29 is 23.1 Å². The number of carbonyl (C=O) groups is 2. The predicted molar refractivity (Wildman–Crippen MR) is 86.9 cm³/mol. The molecule has 0 aromatic heterocycles. The summed E-state index contributed by atoms with van der Waals surface area (Å²) < 4.78 is 23.4. The molecule has 0 spiro atoms. The number of nitrogens with one attached hydrogen (secondary N) is 1. The third kappa shape index (κ3) is 4.79. The average molecular weight is 341 g/mol. The van der Waals surface area contributed by atoms with E-state index in [1.54, 1.807) is 32.0 Å². The fraction of sp³-hybridized carbons (Fsp3) is 0.500. The standard InChI is InChI=1S/C16H23NO5S/c1-4-16(5-2,15(19)20)11-17-14(18)10-12-8-6-7-9-13(12)23(3,21)22/h6-9H,4-5,10-11H2,1-3H3,(H,17,18)(H,19,20). The lowest BCUT2D eigenvalue weighted by atomic mass is 9.82. The molecule has 0 aliphatic carbocycles. The Morgan fingerprint density at radius 1 is 1.17 bits per heavy atom. The van der Waals surface area contributed by atoms with E-state index < -0.39 is 27.1 Å². The molecule has 0 saturated heterocycles. The van der Waals surface area contributed by atoms with Crippen molar-refractivity contribution in [2.45, 2.75) is 38.0 Å². The Hall–Kier alpha value is -1.89. The number of carbonyl (C=O) groups excluding carboxylic acids is 1. The van der Waals surface area contributed by atoms with Crippen molar-refractivity contribution in [1.29, 1.82) is 0 Å². The number of rotatable bonds is 8. The molecule has 0 atom stereocenters. The molecule has 23 heavy (non-hydrogen) atoms. The van der Waals surface area contributed by atoms with E-state index in [1.807, 2.05) is 0 Å². The minimum atomic E-state index is -3.42. The Morgan fingerprint density at radius 2 is 1.74 bits per heavy atom. The van der Waals surface area contributed by atoms with Gasteiger partial charge in [0.2, 0.25) is 5.91 Å². The molecule has 1 aromatic rings. The van der Waals surface area contributed by atoms with Gasteiger partial charge in [-0.15, -0.1) is 0 Å². The molecular formula is C16H23NO5S. The van der Waals surface area contributed by atoms with Crippen LogP contribution in [0.15, 0.2) is 29.2 Å². The van der Waals surface area contributed by atoms with E-state index in [4.69, 9.17) is 0 Å². The largest absolute Gasteiger partial charge is 0.481 e. The molecule has 1 amide bonds. The predicted octanol–water partition coefficient (Wildman–Crippen LogP) is 1.64. The molecule has 0 unspecified atom stereocenters. The Labute approximate surface area is 136 Å². The van der Waals surface area contributed by atoms with Gasteiger partial charge in [-0.3, -0.25) is 9.59 Å². The maximum Gasteiger partial charge on any atom is 0.311 e. The van der Waals surface area contributed by atoms with Crippen LogP contribution in [0.5, 0.6) is 0 Å².